The van der Waals surface area contributed by atoms with Crippen LogP contribution in [0.1, 0.15) is 32.0 Å². The zero-order valence-corrected chi connectivity index (χ0v) is 12.6. The van der Waals surface area contributed by atoms with E-state index in [1.54, 1.807) is 0 Å². The molecule has 0 radical (unpaired) electrons. The lowest BCUT2D eigenvalue weighted by Crippen LogP contribution is -2.32. The molecule has 4 rings (SSSR count). The number of anilines is 2. The summed E-state index contributed by atoms with van der Waals surface area (Å²) in [6, 6.07) is 7.05. The van der Waals surface area contributed by atoms with E-state index in [0.717, 1.165) is 42.3 Å². The average Bonchev–Trinajstić information content (AvgIpc) is 2.89. The Morgan fingerprint density at radius 3 is 3.00 bits per heavy atom. The van der Waals surface area contributed by atoms with E-state index in [1.165, 1.54) is 17.7 Å². The Kier molecular flexibility index (Phi) is 3.77. The van der Waals surface area contributed by atoms with E-state index >= 15 is 0 Å². The molecule has 0 aromatic carbocycles. The van der Waals surface area contributed by atoms with Gasteiger partial charge in [0.15, 0.2) is 5.82 Å². The van der Waals surface area contributed by atoms with Crippen LogP contribution in [0.3, 0.4) is 0 Å². The Hall–Kier alpha value is -2.10. The van der Waals surface area contributed by atoms with Crippen molar-refractivity contribution in [3.8, 4) is 11.3 Å². The van der Waals surface area contributed by atoms with Gasteiger partial charge < -0.3 is 10.2 Å². The summed E-state index contributed by atoms with van der Waals surface area (Å²) in [5, 5.41) is 3.60. The van der Waals surface area contributed by atoms with Crippen molar-refractivity contribution in [2.24, 2.45) is 0 Å². The van der Waals surface area contributed by atoms with Gasteiger partial charge >= 0.3 is 0 Å². The summed E-state index contributed by atoms with van der Waals surface area (Å²) < 4.78 is 0. The second kappa shape index (κ2) is 5.59. The SMILES string of the molecule is C.CCc1cc2c(nc1-c1ccnc(C)c1)NC1CCN2C1. The van der Waals surface area contributed by atoms with Crippen LogP contribution in [0.15, 0.2) is 24.4 Å². The molecule has 4 heterocycles. The van der Waals surface area contributed by atoms with Gasteiger partial charge in [-0.1, -0.05) is 14.4 Å². The van der Waals surface area contributed by atoms with Crippen molar-refractivity contribution in [3.63, 3.8) is 0 Å². The highest BCUT2D eigenvalue weighted by Crippen LogP contribution is 2.37. The fourth-order valence-electron chi connectivity index (χ4n) is 3.39. The molecule has 2 aromatic heterocycles. The molecular weight excluding hydrogens is 272 g/mol. The number of nitrogens with one attached hydrogen (secondary N) is 1. The molecule has 2 aliphatic rings. The van der Waals surface area contributed by atoms with E-state index in [9.17, 15) is 0 Å². The van der Waals surface area contributed by atoms with Gasteiger partial charge in [0.1, 0.15) is 0 Å². The zero-order valence-electron chi connectivity index (χ0n) is 12.6. The summed E-state index contributed by atoms with van der Waals surface area (Å²) in [6.07, 6.45) is 4.07. The molecule has 0 spiro atoms. The van der Waals surface area contributed by atoms with Crippen LogP contribution in [-0.2, 0) is 6.42 Å². The summed E-state index contributed by atoms with van der Waals surface area (Å²) in [5.74, 6) is 1.05. The lowest BCUT2D eigenvalue weighted by Gasteiger charge is -2.29. The van der Waals surface area contributed by atoms with E-state index in [4.69, 9.17) is 4.98 Å². The molecule has 4 nitrogen and oxygen atoms in total. The lowest BCUT2D eigenvalue weighted by molar-refractivity contribution is 0.787. The first-order valence-corrected chi connectivity index (χ1v) is 7.73. The van der Waals surface area contributed by atoms with Crippen LogP contribution in [0.5, 0.6) is 0 Å². The smallest absolute Gasteiger partial charge is 0.150 e. The molecule has 116 valence electrons. The molecular formula is C18H24N4. The van der Waals surface area contributed by atoms with Gasteiger partial charge in [-0.05, 0) is 43.5 Å². The molecule has 4 heteroatoms. The van der Waals surface area contributed by atoms with E-state index < -0.39 is 0 Å². The minimum Gasteiger partial charge on any atom is -0.366 e. The second-order valence-electron chi connectivity index (χ2n) is 5.98. The summed E-state index contributed by atoms with van der Waals surface area (Å²) >= 11 is 0. The number of aromatic nitrogens is 2. The predicted molar refractivity (Wildman–Crippen MR) is 92.6 cm³/mol. The topological polar surface area (TPSA) is 41.1 Å². The van der Waals surface area contributed by atoms with E-state index in [2.05, 4.69) is 40.3 Å². The van der Waals surface area contributed by atoms with Crippen molar-refractivity contribution >= 4 is 11.5 Å². The second-order valence-corrected chi connectivity index (χ2v) is 5.98. The highest BCUT2D eigenvalue weighted by atomic mass is 15.3. The molecule has 1 saturated heterocycles. The monoisotopic (exact) mass is 296 g/mol. The van der Waals surface area contributed by atoms with E-state index in [1.807, 2.05) is 13.1 Å². The van der Waals surface area contributed by atoms with Crippen LogP contribution in [0, 0.1) is 6.92 Å². The maximum absolute atomic E-state index is 4.96. The lowest BCUT2D eigenvalue weighted by atomic mass is 10.0. The Balaban J connectivity index is 0.00000144. The van der Waals surface area contributed by atoms with Gasteiger partial charge in [0.05, 0.1) is 11.4 Å². The number of rotatable bonds is 2. The number of pyridine rings is 2. The van der Waals surface area contributed by atoms with Gasteiger partial charge in [0, 0.05) is 36.6 Å². The van der Waals surface area contributed by atoms with Crippen molar-refractivity contribution in [3.05, 3.63) is 35.7 Å². The molecule has 22 heavy (non-hydrogen) atoms. The molecule has 0 amide bonds. The molecule has 1 unspecified atom stereocenters. The van der Waals surface area contributed by atoms with Crippen LogP contribution in [0.25, 0.3) is 11.3 Å². The Labute approximate surface area is 132 Å². The van der Waals surface area contributed by atoms with Crippen molar-refractivity contribution in [2.45, 2.75) is 40.2 Å². The van der Waals surface area contributed by atoms with Crippen LogP contribution in [-0.4, -0.2) is 29.1 Å². The predicted octanol–water partition coefficient (Wildman–Crippen LogP) is 3.65. The Morgan fingerprint density at radius 1 is 1.36 bits per heavy atom. The summed E-state index contributed by atoms with van der Waals surface area (Å²) in [7, 11) is 0. The number of aryl methyl sites for hydroxylation is 2. The Morgan fingerprint density at radius 2 is 2.23 bits per heavy atom. The summed E-state index contributed by atoms with van der Waals surface area (Å²) in [6.45, 7) is 6.48. The summed E-state index contributed by atoms with van der Waals surface area (Å²) in [4.78, 5) is 11.7. The van der Waals surface area contributed by atoms with Gasteiger partial charge in [-0.25, -0.2) is 4.98 Å². The molecule has 1 atom stereocenters. The minimum atomic E-state index is 0. The third-order valence-corrected chi connectivity index (χ3v) is 4.50. The number of hydrogen-bond acceptors (Lipinski definition) is 4. The average molecular weight is 296 g/mol. The molecule has 1 N–H and O–H groups in total. The van der Waals surface area contributed by atoms with Gasteiger partial charge in [-0.15, -0.1) is 0 Å². The molecule has 2 aliphatic heterocycles. The number of fused-ring (bicyclic) bond motifs is 4. The van der Waals surface area contributed by atoms with Crippen molar-refractivity contribution < 1.29 is 0 Å². The van der Waals surface area contributed by atoms with Crippen LogP contribution in [0.4, 0.5) is 11.5 Å². The first kappa shape index (κ1) is 14.8. The maximum atomic E-state index is 4.96. The fraction of sp³-hybridized carbons (Fsp3) is 0.444. The minimum absolute atomic E-state index is 0. The largest absolute Gasteiger partial charge is 0.366 e. The zero-order chi connectivity index (χ0) is 14.4. The standard InChI is InChI=1S/C17H20N4.CH4/c1-3-12-9-15-17(19-14-5-7-21(15)10-14)20-16(12)13-4-6-18-11(2)8-13;/h4,6,8-9,14H,3,5,7,10H2,1-2H3,(H,19,20);1H4. The third-order valence-electron chi connectivity index (χ3n) is 4.50. The quantitative estimate of drug-likeness (QED) is 0.918. The molecule has 0 saturated carbocycles. The van der Waals surface area contributed by atoms with Gasteiger partial charge in [-0.2, -0.15) is 0 Å². The highest BCUT2D eigenvalue weighted by molar-refractivity contribution is 5.77. The third kappa shape index (κ3) is 2.32. The van der Waals surface area contributed by atoms with Crippen LogP contribution < -0.4 is 10.2 Å². The number of hydrogen-bond donors (Lipinski definition) is 1. The highest BCUT2D eigenvalue weighted by Gasteiger charge is 2.31. The van der Waals surface area contributed by atoms with Crippen LogP contribution in [0.2, 0.25) is 0 Å². The van der Waals surface area contributed by atoms with Crippen molar-refractivity contribution in [1.29, 1.82) is 0 Å². The molecule has 0 aliphatic carbocycles. The van der Waals surface area contributed by atoms with Gasteiger partial charge in [-0.3, -0.25) is 4.98 Å². The first-order valence-electron chi connectivity index (χ1n) is 7.73. The first-order chi connectivity index (χ1) is 10.2. The van der Waals surface area contributed by atoms with Gasteiger partial charge in [0.25, 0.3) is 0 Å². The van der Waals surface area contributed by atoms with Crippen molar-refractivity contribution in [1.82, 2.24) is 9.97 Å². The van der Waals surface area contributed by atoms with Gasteiger partial charge in [0.2, 0.25) is 0 Å². The normalized spacial score (nSPS) is 18.5. The van der Waals surface area contributed by atoms with E-state index in [-0.39, 0.29) is 7.43 Å². The Bertz CT molecular complexity index is 695. The van der Waals surface area contributed by atoms with Crippen molar-refractivity contribution in [2.75, 3.05) is 23.3 Å². The number of nitrogens with zero attached hydrogens (tertiary/aromatic N) is 3. The molecule has 1 fully saturated rings. The van der Waals surface area contributed by atoms with E-state index in [0.29, 0.717) is 6.04 Å². The van der Waals surface area contributed by atoms with Crippen LogP contribution >= 0.6 is 0 Å². The molecule has 2 bridgehead atoms. The fourth-order valence-corrected chi connectivity index (χ4v) is 3.39. The molecule has 2 aromatic rings. The maximum Gasteiger partial charge on any atom is 0.150 e. The summed E-state index contributed by atoms with van der Waals surface area (Å²) in [5.41, 5.74) is 5.88.